The number of aliphatic carboxylic acids is 2. The van der Waals surface area contributed by atoms with Crippen molar-refractivity contribution in [3.8, 4) is 0 Å². The average molecular weight is 312 g/mol. The molecule has 4 heteroatoms. The van der Waals surface area contributed by atoms with Gasteiger partial charge in [-0.3, -0.25) is 9.59 Å². The minimum absolute atomic E-state index is 0.343. The van der Waals surface area contributed by atoms with Gasteiger partial charge < -0.3 is 10.2 Å². The zero-order valence-electron chi connectivity index (χ0n) is 13.9. The molecule has 1 unspecified atom stereocenters. The third-order valence-electron chi connectivity index (χ3n) is 3.80. The lowest BCUT2D eigenvalue weighted by molar-refractivity contribution is -0.146. The lowest BCUT2D eigenvalue weighted by Crippen LogP contribution is -2.15. The molecule has 0 saturated carbocycles. The molecule has 0 heterocycles. The van der Waals surface area contributed by atoms with Crippen molar-refractivity contribution in [2.75, 3.05) is 0 Å². The zero-order chi connectivity index (χ0) is 16.6. The Labute approximate surface area is 134 Å². The van der Waals surface area contributed by atoms with Crippen LogP contribution in [0.4, 0.5) is 0 Å². The molecule has 0 aromatic rings. The highest BCUT2D eigenvalue weighted by molar-refractivity contribution is 5.79. The van der Waals surface area contributed by atoms with Crippen LogP contribution in [-0.4, -0.2) is 22.2 Å². The number of hydrogen-bond acceptors (Lipinski definition) is 2. The molecule has 0 aliphatic heterocycles. The summed E-state index contributed by atoms with van der Waals surface area (Å²) in [6.07, 6.45) is 16.6. The largest absolute Gasteiger partial charge is 0.481 e. The van der Waals surface area contributed by atoms with Crippen molar-refractivity contribution >= 4 is 11.9 Å². The summed E-state index contributed by atoms with van der Waals surface area (Å²) in [5, 5.41) is 17.5. The highest BCUT2D eigenvalue weighted by Crippen LogP contribution is 2.12. The first-order valence-corrected chi connectivity index (χ1v) is 8.69. The number of unbranched alkanes of at least 4 members (excludes halogenated alkanes) is 10. The molecule has 0 bridgehead atoms. The van der Waals surface area contributed by atoms with E-state index >= 15 is 0 Å². The molecular formula is C18H32O4. The first kappa shape index (κ1) is 20.7. The second kappa shape index (κ2) is 14.6. The Morgan fingerprint density at radius 1 is 0.864 bits per heavy atom. The van der Waals surface area contributed by atoms with Gasteiger partial charge in [-0.2, -0.15) is 0 Å². The van der Waals surface area contributed by atoms with Gasteiger partial charge in [-0.25, -0.2) is 0 Å². The van der Waals surface area contributed by atoms with Gasteiger partial charge in [-0.1, -0.05) is 76.9 Å². The maximum absolute atomic E-state index is 10.9. The third kappa shape index (κ3) is 13.7. The summed E-state index contributed by atoms with van der Waals surface area (Å²) in [5.41, 5.74) is 0. The second-order valence-electron chi connectivity index (χ2n) is 5.94. The van der Waals surface area contributed by atoms with Gasteiger partial charge in [0.1, 0.15) is 0 Å². The van der Waals surface area contributed by atoms with E-state index in [0.717, 1.165) is 19.3 Å². The maximum Gasteiger partial charge on any atom is 0.310 e. The summed E-state index contributed by atoms with van der Waals surface area (Å²) < 4.78 is 0. The summed E-state index contributed by atoms with van der Waals surface area (Å²) in [7, 11) is 0. The Kier molecular flexibility index (Phi) is 13.7. The van der Waals surface area contributed by atoms with E-state index in [4.69, 9.17) is 10.2 Å². The Bertz CT molecular complexity index is 323. The van der Waals surface area contributed by atoms with Crippen molar-refractivity contribution in [3.63, 3.8) is 0 Å². The number of carboxylic acid groups (broad SMARTS) is 2. The first-order chi connectivity index (χ1) is 10.6. The lowest BCUT2D eigenvalue weighted by Gasteiger charge is -2.03. The van der Waals surface area contributed by atoms with E-state index in [9.17, 15) is 9.59 Å². The fourth-order valence-corrected chi connectivity index (χ4v) is 2.44. The van der Waals surface area contributed by atoms with E-state index in [1.165, 1.54) is 57.4 Å². The van der Waals surface area contributed by atoms with E-state index in [1.807, 2.05) is 6.08 Å². The van der Waals surface area contributed by atoms with Gasteiger partial charge in [0, 0.05) is 0 Å². The molecule has 1 atom stereocenters. The van der Waals surface area contributed by atoms with Crippen LogP contribution < -0.4 is 0 Å². The van der Waals surface area contributed by atoms with Crippen LogP contribution in [0.3, 0.4) is 0 Å². The van der Waals surface area contributed by atoms with Crippen molar-refractivity contribution < 1.29 is 19.8 Å². The number of carbonyl (C=O) groups is 2. The van der Waals surface area contributed by atoms with Crippen LogP contribution in [-0.2, 0) is 9.59 Å². The second-order valence-corrected chi connectivity index (χ2v) is 5.94. The third-order valence-corrected chi connectivity index (χ3v) is 3.80. The van der Waals surface area contributed by atoms with Crippen LogP contribution in [0.25, 0.3) is 0 Å². The van der Waals surface area contributed by atoms with E-state index in [-0.39, 0.29) is 6.42 Å². The molecule has 2 N–H and O–H groups in total. The normalized spacial score (nSPS) is 12.6. The summed E-state index contributed by atoms with van der Waals surface area (Å²) >= 11 is 0. The molecule has 0 spiro atoms. The maximum atomic E-state index is 10.9. The Hall–Kier alpha value is -1.32. The predicted molar refractivity (Wildman–Crippen MR) is 89.0 cm³/mol. The van der Waals surface area contributed by atoms with Gasteiger partial charge in [0.15, 0.2) is 0 Å². The fraction of sp³-hybridized carbons (Fsp3) is 0.778. The molecule has 0 aromatic heterocycles. The van der Waals surface area contributed by atoms with Crippen molar-refractivity contribution in [1.82, 2.24) is 0 Å². The molecule has 4 nitrogen and oxygen atoms in total. The van der Waals surface area contributed by atoms with Crippen LogP contribution in [0.2, 0.25) is 0 Å². The average Bonchev–Trinajstić information content (AvgIpc) is 2.46. The van der Waals surface area contributed by atoms with Crippen LogP contribution in [0.5, 0.6) is 0 Å². The minimum Gasteiger partial charge on any atom is -0.481 e. The lowest BCUT2D eigenvalue weighted by atomic mass is 10.0. The first-order valence-electron chi connectivity index (χ1n) is 8.69. The monoisotopic (exact) mass is 312 g/mol. The minimum atomic E-state index is -1.07. The number of carboxylic acids is 2. The summed E-state index contributed by atoms with van der Waals surface area (Å²) in [4.78, 5) is 21.4. The molecule has 0 amide bonds. The highest BCUT2D eigenvalue weighted by Gasteiger charge is 2.17. The van der Waals surface area contributed by atoms with Gasteiger partial charge in [0.25, 0.3) is 0 Å². The Balaban J connectivity index is 3.49. The van der Waals surface area contributed by atoms with Crippen LogP contribution in [0.15, 0.2) is 12.2 Å². The van der Waals surface area contributed by atoms with Gasteiger partial charge in [-0.15, -0.1) is 0 Å². The van der Waals surface area contributed by atoms with Crippen molar-refractivity contribution in [1.29, 1.82) is 0 Å². The quantitative estimate of drug-likeness (QED) is 0.328. The smallest absolute Gasteiger partial charge is 0.310 e. The molecule has 0 aliphatic rings. The van der Waals surface area contributed by atoms with Gasteiger partial charge >= 0.3 is 11.9 Å². The molecule has 0 saturated heterocycles. The fourth-order valence-electron chi connectivity index (χ4n) is 2.44. The SMILES string of the molecule is CCCCCCCCCCCC/C=C/C(CC(=O)O)C(=O)O. The van der Waals surface area contributed by atoms with Crippen molar-refractivity contribution in [2.24, 2.45) is 5.92 Å². The van der Waals surface area contributed by atoms with Crippen LogP contribution in [0.1, 0.15) is 84.0 Å². The molecule has 128 valence electrons. The molecule has 0 fully saturated rings. The molecule has 0 aliphatic carbocycles. The van der Waals surface area contributed by atoms with E-state index in [1.54, 1.807) is 0 Å². The van der Waals surface area contributed by atoms with E-state index in [0.29, 0.717) is 0 Å². The Morgan fingerprint density at radius 2 is 1.36 bits per heavy atom. The van der Waals surface area contributed by atoms with Crippen molar-refractivity contribution in [3.05, 3.63) is 12.2 Å². The van der Waals surface area contributed by atoms with E-state index < -0.39 is 17.9 Å². The van der Waals surface area contributed by atoms with Crippen molar-refractivity contribution in [2.45, 2.75) is 84.0 Å². The highest BCUT2D eigenvalue weighted by atomic mass is 16.4. The molecule has 0 radical (unpaired) electrons. The standard InChI is InChI=1S/C18H32O4/c1-2-3-4-5-6-7-8-9-10-11-12-13-14-16(18(21)22)15-17(19)20/h13-14,16H,2-12,15H2,1H3,(H,19,20)(H,21,22)/b14-13+. The topological polar surface area (TPSA) is 74.6 Å². The molecule has 0 aromatic carbocycles. The Morgan fingerprint density at radius 3 is 1.82 bits per heavy atom. The van der Waals surface area contributed by atoms with Gasteiger partial charge in [0.05, 0.1) is 12.3 Å². The van der Waals surface area contributed by atoms with Crippen LogP contribution >= 0.6 is 0 Å². The summed E-state index contributed by atoms with van der Waals surface area (Å²) in [6, 6.07) is 0. The summed E-state index contributed by atoms with van der Waals surface area (Å²) in [5.74, 6) is -3.04. The summed E-state index contributed by atoms with van der Waals surface area (Å²) in [6.45, 7) is 2.23. The molecule has 0 rings (SSSR count). The van der Waals surface area contributed by atoms with Gasteiger partial charge in [-0.05, 0) is 12.8 Å². The predicted octanol–water partition coefficient (Wildman–Crippen LogP) is 5.03. The molecular weight excluding hydrogens is 280 g/mol. The van der Waals surface area contributed by atoms with Crippen LogP contribution in [0, 0.1) is 5.92 Å². The van der Waals surface area contributed by atoms with Gasteiger partial charge in [0.2, 0.25) is 0 Å². The van der Waals surface area contributed by atoms with E-state index in [2.05, 4.69) is 6.92 Å². The number of rotatable bonds is 15. The number of hydrogen-bond donors (Lipinski definition) is 2. The molecule has 22 heavy (non-hydrogen) atoms. The zero-order valence-corrected chi connectivity index (χ0v) is 13.9. The number of allylic oxidation sites excluding steroid dienone is 1.